The lowest BCUT2D eigenvalue weighted by Gasteiger charge is -2.23. The number of aliphatic carboxylic acids is 3. The molecule has 3 aromatic rings. The molecule has 12 nitrogen and oxygen atoms in total. The smallest absolute Gasteiger partial charge is 0.481 e. The summed E-state index contributed by atoms with van der Waals surface area (Å²) >= 11 is 0. The van der Waals surface area contributed by atoms with Gasteiger partial charge >= 0.3 is 24.1 Å². The van der Waals surface area contributed by atoms with Crippen LogP contribution in [0, 0.1) is 0 Å². The molecule has 6 N–H and O–H groups in total. The highest BCUT2D eigenvalue weighted by Crippen LogP contribution is 2.24. The monoisotopic (exact) mass is 660 g/mol. The molecule has 0 aliphatic heterocycles. The number of rotatable bonds is 16. The van der Waals surface area contributed by atoms with Crippen LogP contribution in [0.25, 0.3) is 11.1 Å². The number of unbranched alkanes of at least 4 members (excludes halogenated alkanes) is 1. The SMILES string of the molecule is O=C(O)C(F)(F)F.O=C(O)CC[C@@H](NC(=O)CCCCNc1ccccn1)C(=O)NC(CC(=O)O)c1ccc(-c2ccccc2)cc1. The first-order valence-electron chi connectivity index (χ1n) is 14.4. The molecule has 2 atom stereocenters. The number of hydrogen-bond acceptors (Lipinski definition) is 7. The minimum atomic E-state index is -5.08. The van der Waals surface area contributed by atoms with Gasteiger partial charge < -0.3 is 31.3 Å². The first-order valence-corrected chi connectivity index (χ1v) is 14.4. The highest BCUT2D eigenvalue weighted by molar-refractivity contribution is 5.88. The van der Waals surface area contributed by atoms with Crippen molar-refractivity contribution in [1.82, 2.24) is 15.6 Å². The van der Waals surface area contributed by atoms with E-state index in [1.54, 1.807) is 18.3 Å². The molecule has 0 aliphatic rings. The maximum Gasteiger partial charge on any atom is 0.490 e. The van der Waals surface area contributed by atoms with E-state index in [0.29, 0.717) is 24.9 Å². The number of benzene rings is 2. The van der Waals surface area contributed by atoms with Crippen molar-refractivity contribution in [2.45, 2.75) is 56.8 Å². The Kier molecular flexibility index (Phi) is 15.4. The minimum Gasteiger partial charge on any atom is -0.481 e. The number of carboxylic acids is 3. The zero-order valence-corrected chi connectivity index (χ0v) is 25.1. The van der Waals surface area contributed by atoms with Crippen LogP contribution in [0.5, 0.6) is 0 Å². The largest absolute Gasteiger partial charge is 0.490 e. The molecule has 1 unspecified atom stereocenters. The lowest BCUT2D eigenvalue weighted by molar-refractivity contribution is -0.192. The maximum atomic E-state index is 13.1. The van der Waals surface area contributed by atoms with Crippen molar-refractivity contribution in [3.63, 3.8) is 0 Å². The predicted molar refractivity (Wildman–Crippen MR) is 164 cm³/mol. The highest BCUT2D eigenvalue weighted by Gasteiger charge is 2.38. The van der Waals surface area contributed by atoms with Crippen LogP contribution in [0.1, 0.15) is 50.1 Å². The fourth-order valence-electron chi connectivity index (χ4n) is 4.14. The number of alkyl halides is 3. The summed E-state index contributed by atoms with van der Waals surface area (Å²) in [6.45, 7) is 0.618. The van der Waals surface area contributed by atoms with Crippen LogP contribution in [0.15, 0.2) is 79.0 Å². The lowest BCUT2D eigenvalue weighted by Crippen LogP contribution is -2.48. The number of carboxylic acid groups (broad SMARTS) is 3. The van der Waals surface area contributed by atoms with Crippen molar-refractivity contribution in [2.24, 2.45) is 0 Å². The van der Waals surface area contributed by atoms with Crippen molar-refractivity contribution in [3.05, 3.63) is 84.6 Å². The molecule has 0 bridgehead atoms. The van der Waals surface area contributed by atoms with Gasteiger partial charge in [0, 0.05) is 25.6 Å². The van der Waals surface area contributed by atoms with Crippen LogP contribution in [0.4, 0.5) is 19.0 Å². The summed E-state index contributed by atoms with van der Waals surface area (Å²) in [6, 6.07) is 20.4. The average Bonchev–Trinajstić information content (AvgIpc) is 3.03. The Hall–Kier alpha value is -5.47. The van der Waals surface area contributed by atoms with Crippen LogP contribution >= 0.6 is 0 Å². The molecule has 0 radical (unpaired) electrons. The molecular weight excluding hydrogens is 625 g/mol. The van der Waals surface area contributed by atoms with Gasteiger partial charge in [-0.05, 0) is 48.1 Å². The van der Waals surface area contributed by atoms with Crippen LogP contribution in [-0.2, 0) is 24.0 Å². The fraction of sp³-hybridized carbons (Fsp3) is 0.312. The second-order valence-corrected chi connectivity index (χ2v) is 10.1. The predicted octanol–water partition coefficient (Wildman–Crippen LogP) is 4.65. The number of aromatic nitrogens is 1. The van der Waals surface area contributed by atoms with E-state index < -0.39 is 42.1 Å². The number of pyridine rings is 1. The molecule has 47 heavy (non-hydrogen) atoms. The second kappa shape index (κ2) is 19.1. The van der Waals surface area contributed by atoms with E-state index in [4.69, 9.17) is 15.0 Å². The number of nitrogens with one attached hydrogen (secondary N) is 3. The first kappa shape index (κ1) is 37.7. The topological polar surface area (TPSA) is 195 Å². The third kappa shape index (κ3) is 14.9. The van der Waals surface area contributed by atoms with E-state index in [0.717, 1.165) is 16.9 Å². The molecule has 2 aromatic carbocycles. The van der Waals surface area contributed by atoms with Gasteiger partial charge in [0.2, 0.25) is 11.8 Å². The van der Waals surface area contributed by atoms with Crippen molar-refractivity contribution in [3.8, 4) is 11.1 Å². The molecule has 1 heterocycles. The number of carbonyl (C=O) groups is 5. The molecule has 0 saturated heterocycles. The normalized spacial score (nSPS) is 12.0. The number of anilines is 1. The summed E-state index contributed by atoms with van der Waals surface area (Å²) in [5, 5.41) is 34.2. The zero-order valence-electron chi connectivity index (χ0n) is 25.1. The number of halogens is 3. The molecule has 1 aromatic heterocycles. The molecule has 0 saturated carbocycles. The second-order valence-electron chi connectivity index (χ2n) is 10.1. The lowest BCUT2D eigenvalue weighted by atomic mass is 9.98. The van der Waals surface area contributed by atoms with Gasteiger partial charge in [-0.2, -0.15) is 13.2 Å². The number of hydrogen-bond donors (Lipinski definition) is 6. The summed E-state index contributed by atoms with van der Waals surface area (Å²) in [4.78, 5) is 61.5. The molecule has 15 heteroatoms. The van der Waals surface area contributed by atoms with E-state index in [1.807, 2.05) is 60.7 Å². The molecule has 0 fully saturated rings. The van der Waals surface area contributed by atoms with Crippen molar-refractivity contribution >= 4 is 35.5 Å². The summed E-state index contributed by atoms with van der Waals surface area (Å²) in [5.41, 5.74) is 2.52. The van der Waals surface area contributed by atoms with Crippen molar-refractivity contribution in [2.75, 3.05) is 11.9 Å². The Morgan fingerprint density at radius 3 is 1.91 bits per heavy atom. The van der Waals surface area contributed by atoms with E-state index in [2.05, 4.69) is 20.9 Å². The standard InChI is InChI=1S/C30H34N4O6.C2HF3O2/c35-27(11-5-7-19-32-26-10-4-6-18-31-26)33-24(16-17-28(36)37)30(40)34-25(20-29(38)39)23-14-12-22(13-15-23)21-8-2-1-3-9-21;3-2(4,5)1(6)7/h1-4,6,8-10,12-15,18,24-25H,5,7,11,16-17,19-20H2,(H,31,32)(H,33,35)(H,34,40)(H,36,37)(H,38,39);(H,6,7)/t24-,25?;/m1./s1. The molecule has 252 valence electrons. The third-order valence-corrected chi connectivity index (χ3v) is 6.46. The molecule has 3 rings (SSSR count). The Morgan fingerprint density at radius 2 is 1.36 bits per heavy atom. The van der Waals surface area contributed by atoms with Crippen LogP contribution in [-0.4, -0.2) is 68.8 Å². The Balaban J connectivity index is 0.000000984. The van der Waals surface area contributed by atoms with Gasteiger partial charge in [0.05, 0.1) is 12.5 Å². The average molecular weight is 661 g/mol. The van der Waals surface area contributed by atoms with E-state index in [9.17, 15) is 37.5 Å². The van der Waals surface area contributed by atoms with Gasteiger partial charge in [-0.1, -0.05) is 60.7 Å². The van der Waals surface area contributed by atoms with Gasteiger partial charge in [-0.25, -0.2) is 9.78 Å². The first-order chi connectivity index (χ1) is 22.3. The quantitative estimate of drug-likeness (QED) is 0.118. The molecule has 2 amide bonds. The van der Waals surface area contributed by atoms with E-state index in [1.165, 1.54) is 0 Å². The van der Waals surface area contributed by atoms with Gasteiger partial charge in [0.1, 0.15) is 11.9 Å². The van der Waals surface area contributed by atoms with Crippen molar-refractivity contribution < 1.29 is 52.5 Å². The number of amides is 2. The summed E-state index contributed by atoms with van der Waals surface area (Å²) in [6.07, 6.45) is -2.84. The van der Waals surface area contributed by atoms with Crippen LogP contribution in [0.2, 0.25) is 0 Å². The van der Waals surface area contributed by atoms with Gasteiger partial charge in [-0.3, -0.25) is 19.2 Å². The minimum absolute atomic E-state index is 0.124. The third-order valence-electron chi connectivity index (χ3n) is 6.46. The fourth-order valence-corrected chi connectivity index (χ4v) is 4.14. The molecular formula is C32H35F3N4O8. The Labute approximate surface area is 268 Å². The number of carbonyl (C=O) groups excluding carboxylic acids is 2. The highest BCUT2D eigenvalue weighted by atomic mass is 19.4. The van der Waals surface area contributed by atoms with Gasteiger partial charge in [0.15, 0.2) is 0 Å². The summed E-state index contributed by atoms with van der Waals surface area (Å²) in [7, 11) is 0. The van der Waals surface area contributed by atoms with Crippen molar-refractivity contribution in [1.29, 1.82) is 0 Å². The van der Waals surface area contributed by atoms with E-state index in [-0.39, 0.29) is 31.6 Å². The van der Waals surface area contributed by atoms with Crippen LogP contribution < -0.4 is 16.0 Å². The molecule has 0 spiro atoms. The maximum absolute atomic E-state index is 13.1. The van der Waals surface area contributed by atoms with Gasteiger partial charge in [-0.15, -0.1) is 0 Å². The van der Waals surface area contributed by atoms with Crippen LogP contribution in [0.3, 0.4) is 0 Å². The zero-order chi connectivity index (χ0) is 34.8. The Bertz CT molecular complexity index is 1460. The summed E-state index contributed by atoms with van der Waals surface area (Å²) in [5.74, 6) is -5.25. The van der Waals surface area contributed by atoms with Gasteiger partial charge in [0.25, 0.3) is 0 Å². The Morgan fingerprint density at radius 1 is 0.745 bits per heavy atom. The molecule has 0 aliphatic carbocycles. The summed E-state index contributed by atoms with van der Waals surface area (Å²) < 4.78 is 31.7. The van der Waals surface area contributed by atoms with E-state index >= 15 is 0 Å². The number of nitrogens with zero attached hydrogens (tertiary/aromatic N) is 1.